The van der Waals surface area contributed by atoms with Crippen LogP contribution in [0.5, 0.6) is 0 Å². The first-order valence-corrected chi connectivity index (χ1v) is 10.0. The Morgan fingerprint density at radius 2 is 2.28 bits per heavy atom. The molecule has 9 nitrogen and oxygen atoms in total. The molecule has 156 valence electrons. The molecule has 29 heavy (non-hydrogen) atoms. The Morgan fingerprint density at radius 3 is 2.86 bits per heavy atom. The molecule has 1 aromatic rings. The van der Waals surface area contributed by atoms with Crippen LogP contribution in [-0.4, -0.2) is 58.1 Å². The third-order valence-corrected chi connectivity index (χ3v) is 5.30. The number of thiazole rings is 1. The number of hydrogen-bond donors (Lipinski definition) is 2. The maximum Gasteiger partial charge on any atom is 0.357 e. The number of rotatable bonds is 7. The summed E-state index contributed by atoms with van der Waals surface area (Å²) in [6, 6.07) is -0.219. The van der Waals surface area contributed by atoms with Crippen LogP contribution in [0.4, 0.5) is 0 Å². The highest BCUT2D eigenvalue weighted by Gasteiger charge is 2.38. The van der Waals surface area contributed by atoms with E-state index in [4.69, 9.17) is 16.0 Å². The van der Waals surface area contributed by atoms with Gasteiger partial charge in [-0.05, 0) is 27.2 Å². The largest absolute Gasteiger partial charge is 0.461 e. The van der Waals surface area contributed by atoms with Crippen molar-refractivity contribution in [2.45, 2.75) is 39.2 Å². The number of guanidine groups is 1. The van der Waals surface area contributed by atoms with Crippen LogP contribution in [0.25, 0.3) is 0 Å². The van der Waals surface area contributed by atoms with E-state index in [0.29, 0.717) is 24.5 Å². The normalized spacial score (nSPS) is 20.4. The number of esters is 1. The summed E-state index contributed by atoms with van der Waals surface area (Å²) in [5, 5.41) is 11.8. The summed E-state index contributed by atoms with van der Waals surface area (Å²) in [5.74, 6) is 6.08. The summed E-state index contributed by atoms with van der Waals surface area (Å²) in [5.41, 5.74) is 1.58. The summed E-state index contributed by atoms with van der Waals surface area (Å²) >= 11 is 1.41. The van der Waals surface area contributed by atoms with Crippen molar-refractivity contribution in [1.82, 2.24) is 14.9 Å². The fourth-order valence-electron chi connectivity index (χ4n) is 3.09. The number of carbonyl (C=O) groups is 1. The third kappa shape index (κ3) is 5.43. The molecule has 1 aliphatic rings. The second kappa shape index (κ2) is 10.2. The molecule has 2 unspecified atom stereocenters. The van der Waals surface area contributed by atoms with Gasteiger partial charge in [-0.15, -0.1) is 11.3 Å². The molecule has 10 heteroatoms. The van der Waals surface area contributed by atoms with E-state index in [9.17, 15) is 4.79 Å². The van der Waals surface area contributed by atoms with Crippen LogP contribution in [0.3, 0.4) is 0 Å². The Kier molecular flexibility index (Phi) is 7.94. The number of aromatic nitrogens is 1. The number of carbonyl (C=O) groups excluding carboxylic acids is 1. The lowest BCUT2D eigenvalue weighted by atomic mass is 9.98. The smallest absolute Gasteiger partial charge is 0.357 e. The van der Waals surface area contributed by atoms with Crippen molar-refractivity contribution in [3.8, 4) is 0 Å². The van der Waals surface area contributed by atoms with E-state index in [-0.39, 0.29) is 17.9 Å². The molecule has 0 amide bonds. The van der Waals surface area contributed by atoms with Gasteiger partial charge in [0.1, 0.15) is 0 Å². The van der Waals surface area contributed by atoms with E-state index >= 15 is 0 Å². The van der Waals surface area contributed by atoms with E-state index in [1.54, 1.807) is 24.2 Å². The van der Waals surface area contributed by atoms with Gasteiger partial charge >= 0.3 is 5.97 Å². The summed E-state index contributed by atoms with van der Waals surface area (Å²) in [6.07, 6.45) is 3.31. The molecule has 1 aliphatic heterocycles. The first kappa shape index (κ1) is 22.6. The van der Waals surface area contributed by atoms with Gasteiger partial charge in [0.2, 0.25) is 5.96 Å². The minimum atomic E-state index is -0.428. The van der Waals surface area contributed by atoms with E-state index in [2.05, 4.69) is 28.1 Å². The van der Waals surface area contributed by atoms with E-state index in [0.717, 1.165) is 23.5 Å². The van der Waals surface area contributed by atoms with Crippen molar-refractivity contribution < 1.29 is 9.53 Å². The number of nitrogens with two attached hydrogens (primary N) is 1. The van der Waals surface area contributed by atoms with Gasteiger partial charge in [0, 0.05) is 35.5 Å². The maximum absolute atomic E-state index is 11.9. The SMILES string of the molecule is C=CN(C=N)C(=NC(=C)C)/N=C(\C)C1C(c2nc(C(=O)OCC)cs2)CCN1N. The Morgan fingerprint density at radius 1 is 1.55 bits per heavy atom. The van der Waals surface area contributed by atoms with Crippen molar-refractivity contribution in [1.29, 1.82) is 5.41 Å². The van der Waals surface area contributed by atoms with Gasteiger partial charge in [-0.3, -0.25) is 16.2 Å². The molecule has 2 atom stereocenters. The van der Waals surface area contributed by atoms with Gasteiger partial charge in [0.15, 0.2) is 5.69 Å². The van der Waals surface area contributed by atoms with Crippen molar-refractivity contribution in [3.05, 3.63) is 41.1 Å². The second-order valence-electron chi connectivity index (χ2n) is 6.49. The van der Waals surface area contributed by atoms with Gasteiger partial charge in [-0.25, -0.2) is 24.8 Å². The molecule has 3 N–H and O–H groups in total. The summed E-state index contributed by atoms with van der Waals surface area (Å²) < 4.78 is 5.03. The predicted molar refractivity (Wildman–Crippen MR) is 116 cm³/mol. The molecular weight excluding hydrogens is 390 g/mol. The fraction of sp³-hybridized carbons (Fsp3) is 0.421. The number of allylic oxidation sites excluding steroid dienone is 1. The van der Waals surface area contributed by atoms with E-state index < -0.39 is 5.97 Å². The molecule has 0 aromatic carbocycles. The average molecular weight is 418 g/mol. The van der Waals surface area contributed by atoms with Crippen molar-refractivity contribution in [3.63, 3.8) is 0 Å². The topological polar surface area (TPSA) is 120 Å². The fourth-order valence-corrected chi connectivity index (χ4v) is 4.04. The monoisotopic (exact) mass is 417 g/mol. The third-order valence-electron chi connectivity index (χ3n) is 4.32. The molecule has 1 saturated heterocycles. The van der Waals surface area contributed by atoms with Crippen LogP contribution in [-0.2, 0) is 4.74 Å². The van der Waals surface area contributed by atoms with Crippen molar-refractivity contribution in [2.24, 2.45) is 15.8 Å². The Hall–Kier alpha value is -2.69. The van der Waals surface area contributed by atoms with E-state index in [1.165, 1.54) is 22.4 Å². The number of aliphatic imine (C=N–C) groups is 2. The highest BCUT2D eigenvalue weighted by atomic mass is 32.1. The molecule has 0 spiro atoms. The molecule has 2 heterocycles. The lowest BCUT2D eigenvalue weighted by molar-refractivity contribution is 0.0520. The number of ether oxygens (including phenoxy) is 1. The maximum atomic E-state index is 11.9. The quantitative estimate of drug-likeness (QED) is 0.305. The summed E-state index contributed by atoms with van der Waals surface area (Å²) in [4.78, 5) is 26.7. The molecule has 0 bridgehead atoms. The molecule has 0 saturated carbocycles. The zero-order chi connectivity index (χ0) is 21.6. The first-order valence-electron chi connectivity index (χ1n) is 9.17. The number of hydrazine groups is 1. The Labute approximate surface area is 174 Å². The number of nitrogens with one attached hydrogen (secondary N) is 1. The van der Waals surface area contributed by atoms with Gasteiger partial charge in [-0.2, -0.15) is 0 Å². The summed E-state index contributed by atoms with van der Waals surface area (Å²) in [7, 11) is 0. The number of hydrogen-bond acceptors (Lipinski definition) is 8. The minimum absolute atomic E-state index is 0.0137. The highest BCUT2D eigenvalue weighted by Crippen LogP contribution is 2.34. The van der Waals surface area contributed by atoms with Gasteiger partial charge in [0.05, 0.1) is 24.0 Å². The van der Waals surface area contributed by atoms with Gasteiger partial charge in [0.25, 0.3) is 0 Å². The van der Waals surface area contributed by atoms with Crippen LogP contribution < -0.4 is 5.84 Å². The lowest BCUT2D eigenvalue weighted by Crippen LogP contribution is -2.43. The van der Waals surface area contributed by atoms with Crippen LogP contribution in [0.15, 0.2) is 40.4 Å². The second-order valence-corrected chi connectivity index (χ2v) is 7.38. The first-order chi connectivity index (χ1) is 13.8. The molecule has 0 radical (unpaired) electrons. The molecule has 1 aromatic heterocycles. The summed E-state index contributed by atoms with van der Waals surface area (Å²) in [6.45, 7) is 13.8. The van der Waals surface area contributed by atoms with Crippen molar-refractivity contribution >= 4 is 35.3 Å². The van der Waals surface area contributed by atoms with Gasteiger partial charge in [-0.1, -0.05) is 13.2 Å². The average Bonchev–Trinajstić information content (AvgIpc) is 3.29. The zero-order valence-corrected chi connectivity index (χ0v) is 17.8. The lowest BCUT2D eigenvalue weighted by Gasteiger charge is -2.24. The molecular formula is C19H27N7O2S. The molecule has 2 rings (SSSR count). The molecule has 0 aliphatic carbocycles. The standard InChI is InChI=1S/C19H27N7O2S/c1-6-25(11-20)19(22-12(3)4)23-13(5)16-14(8-9-26(16)21)17-24-15(10-29-17)18(27)28-7-2/h6,10-11,14,16,20H,1,3,7-9,21H2,2,4-5H3/b20-11?,22-19?,23-13+. The number of nitrogens with zero attached hydrogens (tertiary/aromatic N) is 5. The Bertz CT molecular complexity index is 837. The van der Waals surface area contributed by atoms with Crippen LogP contribution in [0.1, 0.15) is 48.6 Å². The van der Waals surface area contributed by atoms with Crippen molar-refractivity contribution in [2.75, 3.05) is 13.2 Å². The minimum Gasteiger partial charge on any atom is -0.461 e. The zero-order valence-electron chi connectivity index (χ0n) is 17.0. The Balaban J connectivity index is 2.35. The van der Waals surface area contributed by atoms with E-state index in [1.807, 2.05) is 6.92 Å². The molecule has 1 fully saturated rings. The highest BCUT2D eigenvalue weighted by molar-refractivity contribution is 7.10. The van der Waals surface area contributed by atoms with Crippen LogP contribution in [0.2, 0.25) is 0 Å². The predicted octanol–water partition coefficient (Wildman–Crippen LogP) is 2.75. The van der Waals surface area contributed by atoms with Crippen LogP contribution in [0, 0.1) is 5.41 Å². The van der Waals surface area contributed by atoms with Gasteiger partial charge < -0.3 is 4.74 Å². The van der Waals surface area contributed by atoms with Crippen LogP contribution >= 0.6 is 11.3 Å².